The molecular weight excluding hydrogens is 308 g/mol. The van der Waals surface area contributed by atoms with Crippen LogP contribution in [0.2, 0.25) is 0 Å². The number of amides is 2. The highest BCUT2D eigenvalue weighted by atomic mass is 32.2. The molecule has 1 aromatic carbocycles. The lowest BCUT2D eigenvalue weighted by molar-refractivity contribution is -0.118. The Bertz CT molecular complexity index is 692. The first-order chi connectivity index (χ1) is 11.2. The van der Waals surface area contributed by atoms with Crippen LogP contribution in [-0.2, 0) is 4.79 Å². The van der Waals surface area contributed by atoms with Crippen LogP contribution < -0.4 is 10.6 Å². The van der Waals surface area contributed by atoms with Gasteiger partial charge in [0.15, 0.2) is 0 Å². The summed E-state index contributed by atoms with van der Waals surface area (Å²) in [4.78, 5) is 23.3. The van der Waals surface area contributed by atoms with Gasteiger partial charge >= 0.3 is 0 Å². The fourth-order valence-electron chi connectivity index (χ4n) is 2.67. The SMILES string of the molecule is O=C1NC(=O)C(C/C2=C(\c3ccccc3)NC/C=C\C=C/C2)S1. The molecule has 1 aromatic rings. The van der Waals surface area contributed by atoms with Gasteiger partial charge in [0, 0.05) is 12.2 Å². The van der Waals surface area contributed by atoms with Gasteiger partial charge in [-0.1, -0.05) is 66.4 Å². The Labute approximate surface area is 139 Å². The van der Waals surface area contributed by atoms with E-state index in [4.69, 9.17) is 0 Å². The summed E-state index contributed by atoms with van der Waals surface area (Å²) in [5.41, 5.74) is 3.29. The molecule has 1 saturated heterocycles. The van der Waals surface area contributed by atoms with E-state index in [0.717, 1.165) is 41.6 Å². The van der Waals surface area contributed by atoms with Gasteiger partial charge < -0.3 is 5.32 Å². The molecule has 0 aliphatic carbocycles. The van der Waals surface area contributed by atoms with Crippen molar-refractivity contribution in [2.45, 2.75) is 18.1 Å². The Hall–Kier alpha value is -2.27. The molecule has 2 aliphatic rings. The minimum absolute atomic E-state index is 0.193. The molecule has 2 aliphatic heterocycles. The van der Waals surface area contributed by atoms with E-state index in [9.17, 15) is 9.59 Å². The highest BCUT2D eigenvalue weighted by Crippen LogP contribution is 2.30. The van der Waals surface area contributed by atoms with Crippen LogP contribution in [0.5, 0.6) is 0 Å². The van der Waals surface area contributed by atoms with Gasteiger partial charge in [0.2, 0.25) is 5.91 Å². The van der Waals surface area contributed by atoms with E-state index in [2.05, 4.69) is 34.9 Å². The fourth-order valence-corrected chi connectivity index (χ4v) is 3.54. The smallest absolute Gasteiger partial charge is 0.286 e. The van der Waals surface area contributed by atoms with Crippen LogP contribution in [0.3, 0.4) is 0 Å². The van der Waals surface area contributed by atoms with E-state index in [1.165, 1.54) is 0 Å². The predicted octanol–water partition coefficient (Wildman–Crippen LogP) is 3.25. The number of imide groups is 1. The van der Waals surface area contributed by atoms with Crippen molar-refractivity contribution in [3.8, 4) is 0 Å². The molecule has 2 heterocycles. The summed E-state index contributed by atoms with van der Waals surface area (Å²) in [5, 5.41) is 5.22. The third kappa shape index (κ3) is 3.93. The lowest BCUT2D eigenvalue weighted by atomic mass is 9.98. The number of rotatable bonds is 3. The Balaban J connectivity index is 1.94. The van der Waals surface area contributed by atoms with Gasteiger partial charge in [-0.05, 0) is 24.0 Å². The van der Waals surface area contributed by atoms with Crippen LogP contribution in [0.1, 0.15) is 18.4 Å². The van der Waals surface area contributed by atoms with Crippen LogP contribution in [0.25, 0.3) is 5.70 Å². The maximum absolute atomic E-state index is 11.9. The third-order valence-electron chi connectivity index (χ3n) is 3.76. The van der Waals surface area contributed by atoms with Gasteiger partial charge in [-0.2, -0.15) is 0 Å². The van der Waals surface area contributed by atoms with Crippen LogP contribution in [0, 0.1) is 0 Å². The maximum atomic E-state index is 11.9. The molecule has 1 unspecified atom stereocenters. The minimum atomic E-state index is -0.347. The molecule has 118 valence electrons. The first-order valence-electron chi connectivity index (χ1n) is 7.58. The van der Waals surface area contributed by atoms with Gasteiger partial charge in [0.05, 0.1) is 5.25 Å². The zero-order valence-electron chi connectivity index (χ0n) is 12.6. The quantitative estimate of drug-likeness (QED) is 0.895. The predicted molar refractivity (Wildman–Crippen MR) is 93.8 cm³/mol. The minimum Gasteiger partial charge on any atom is -0.381 e. The Morgan fingerprint density at radius 2 is 1.87 bits per heavy atom. The number of carbonyl (C=O) groups excluding carboxylic acids is 2. The lowest BCUT2D eigenvalue weighted by Gasteiger charge is -2.17. The fraction of sp³-hybridized carbons (Fsp3) is 0.222. The van der Waals surface area contributed by atoms with Crippen LogP contribution >= 0.6 is 11.8 Å². The topological polar surface area (TPSA) is 58.2 Å². The summed E-state index contributed by atoms with van der Waals surface area (Å²) >= 11 is 1.08. The molecule has 0 saturated carbocycles. The van der Waals surface area contributed by atoms with Crippen molar-refractivity contribution in [3.63, 3.8) is 0 Å². The van der Waals surface area contributed by atoms with Crippen molar-refractivity contribution in [2.24, 2.45) is 0 Å². The summed E-state index contributed by atoms with van der Waals surface area (Å²) in [6.45, 7) is 0.723. The first kappa shape index (κ1) is 15.6. The molecular formula is C18H18N2O2S. The molecule has 23 heavy (non-hydrogen) atoms. The Morgan fingerprint density at radius 3 is 2.61 bits per heavy atom. The zero-order valence-corrected chi connectivity index (χ0v) is 13.4. The normalized spacial score (nSPS) is 27.4. The maximum Gasteiger partial charge on any atom is 0.286 e. The summed E-state index contributed by atoms with van der Waals surface area (Å²) in [6.07, 6.45) is 9.48. The molecule has 1 atom stereocenters. The van der Waals surface area contributed by atoms with E-state index < -0.39 is 0 Å². The molecule has 4 nitrogen and oxygen atoms in total. The number of carbonyl (C=O) groups is 2. The highest BCUT2D eigenvalue weighted by molar-refractivity contribution is 8.15. The van der Waals surface area contributed by atoms with Crippen LogP contribution in [0.15, 0.2) is 60.2 Å². The average molecular weight is 326 g/mol. The number of nitrogens with one attached hydrogen (secondary N) is 2. The first-order valence-corrected chi connectivity index (χ1v) is 8.46. The van der Waals surface area contributed by atoms with Crippen LogP contribution in [-0.4, -0.2) is 22.9 Å². The van der Waals surface area contributed by atoms with E-state index in [1.54, 1.807) is 0 Å². The van der Waals surface area contributed by atoms with Crippen molar-refractivity contribution in [2.75, 3.05) is 6.54 Å². The van der Waals surface area contributed by atoms with Gasteiger partial charge in [-0.3, -0.25) is 14.9 Å². The van der Waals surface area contributed by atoms with Gasteiger partial charge in [0.25, 0.3) is 5.24 Å². The number of allylic oxidation sites excluding steroid dienone is 4. The number of thioether (sulfide) groups is 1. The Kier molecular flexibility index (Phi) is 4.98. The zero-order chi connectivity index (χ0) is 16.1. The van der Waals surface area contributed by atoms with Gasteiger partial charge in [-0.15, -0.1) is 0 Å². The standard InChI is InChI=1S/C18H18N2O2S/c21-17-15(23-18(22)20-17)12-14-10-4-1-2-7-11-19-16(14)13-8-5-3-6-9-13/h1-9,15,19H,10-12H2,(H,20,21,22)/b4-1-,7-2-,16-14+. The summed E-state index contributed by atoms with van der Waals surface area (Å²) in [5.74, 6) is -0.193. The average Bonchev–Trinajstić information content (AvgIpc) is 2.92. The summed E-state index contributed by atoms with van der Waals surface area (Å²) < 4.78 is 0. The van der Waals surface area contributed by atoms with E-state index in [1.807, 2.05) is 30.4 Å². The van der Waals surface area contributed by atoms with E-state index in [0.29, 0.717) is 6.42 Å². The molecule has 0 spiro atoms. The van der Waals surface area contributed by atoms with Crippen molar-refractivity contribution in [3.05, 3.63) is 65.8 Å². The second kappa shape index (κ2) is 7.33. The van der Waals surface area contributed by atoms with Crippen molar-refractivity contribution < 1.29 is 9.59 Å². The molecule has 1 fully saturated rings. The monoisotopic (exact) mass is 326 g/mol. The largest absolute Gasteiger partial charge is 0.381 e. The second-order valence-corrected chi connectivity index (χ2v) is 6.55. The third-order valence-corrected chi connectivity index (χ3v) is 4.74. The summed E-state index contributed by atoms with van der Waals surface area (Å²) in [7, 11) is 0. The molecule has 2 amide bonds. The summed E-state index contributed by atoms with van der Waals surface area (Å²) in [6, 6.07) is 10.1. The second-order valence-electron chi connectivity index (χ2n) is 5.37. The number of benzene rings is 1. The highest BCUT2D eigenvalue weighted by Gasteiger charge is 2.32. The number of hydrogen-bond donors (Lipinski definition) is 2. The Morgan fingerprint density at radius 1 is 1.09 bits per heavy atom. The van der Waals surface area contributed by atoms with Gasteiger partial charge in [0.1, 0.15) is 0 Å². The van der Waals surface area contributed by atoms with Crippen molar-refractivity contribution in [1.29, 1.82) is 0 Å². The molecule has 0 aromatic heterocycles. The molecule has 5 heteroatoms. The molecule has 3 rings (SSSR count). The molecule has 2 N–H and O–H groups in total. The molecule has 0 radical (unpaired) electrons. The van der Waals surface area contributed by atoms with Crippen LogP contribution in [0.4, 0.5) is 4.79 Å². The lowest BCUT2D eigenvalue weighted by Crippen LogP contribution is -2.25. The van der Waals surface area contributed by atoms with Crippen molar-refractivity contribution >= 4 is 28.6 Å². The number of hydrogen-bond acceptors (Lipinski definition) is 4. The van der Waals surface area contributed by atoms with Crippen molar-refractivity contribution in [1.82, 2.24) is 10.6 Å². The molecule has 0 bridgehead atoms. The van der Waals surface area contributed by atoms with E-state index in [-0.39, 0.29) is 16.4 Å². The van der Waals surface area contributed by atoms with Gasteiger partial charge in [-0.25, -0.2) is 0 Å². The van der Waals surface area contributed by atoms with E-state index >= 15 is 0 Å².